The van der Waals surface area contributed by atoms with Crippen molar-refractivity contribution in [2.75, 3.05) is 33.4 Å². The van der Waals surface area contributed by atoms with Gasteiger partial charge in [-0.15, -0.1) is 0 Å². The summed E-state index contributed by atoms with van der Waals surface area (Å²) in [7, 11) is 1.50. The highest BCUT2D eigenvalue weighted by Crippen LogP contribution is 2.47. The highest BCUT2D eigenvalue weighted by molar-refractivity contribution is 5.94. The second-order valence-corrected chi connectivity index (χ2v) is 7.46. The molecule has 1 aromatic heterocycles. The summed E-state index contributed by atoms with van der Waals surface area (Å²) in [6, 6.07) is 3.24. The highest BCUT2D eigenvalue weighted by atomic mass is 16.5. The zero-order valence-electron chi connectivity index (χ0n) is 15.3. The molecular formula is C19H27N3O4. The number of likely N-dealkylation sites (tertiary alicyclic amines) is 1. The summed E-state index contributed by atoms with van der Waals surface area (Å²) >= 11 is 0. The van der Waals surface area contributed by atoms with E-state index in [2.05, 4.69) is 10.3 Å². The predicted octanol–water partition coefficient (Wildman–Crippen LogP) is 1.16. The lowest BCUT2D eigenvalue weighted by atomic mass is 9.67. The van der Waals surface area contributed by atoms with Gasteiger partial charge in [-0.1, -0.05) is 19.3 Å². The third-order valence-corrected chi connectivity index (χ3v) is 5.82. The van der Waals surface area contributed by atoms with Gasteiger partial charge >= 0.3 is 0 Å². The average Bonchev–Trinajstić information content (AvgIpc) is 2.98. The molecule has 2 amide bonds. The fourth-order valence-corrected chi connectivity index (χ4v) is 4.47. The van der Waals surface area contributed by atoms with Crippen LogP contribution >= 0.6 is 0 Å². The molecule has 1 atom stereocenters. The van der Waals surface area contributed by atoms with Gasteiger partial charge < -0.3 is 19.9 Å². The number of aromatic nitrogens is 1. The normalized spacial score (nSPS) is 21.7. The van der Waals surface area contributed by atoms with Crippen LogP contribution < -0.4 is 10.9 Å². The lowest BCUT2D eigenvalue weighted by Crippen LogP contribution is -2.40. The molecule has 2 N–H and O–H groups in total. The standard InChI is InChI=1S/C19H27N3O4/c1-26-12-16(23)21-10-14-11-22(13-19(14)7-3-2-4-8-19)18(25)15-6-5-9-20-17(15)24/h5-6,9,14H,2-4,7-8,10-13H2,1H3,(H,20,24)(H,21,23). The number of hydrogen-bond acceptors (Lipinski definition) is 4. The minimum Gasteiger partial charge on any atom is -0.375 e. The molecule has 1 saturated heterocycles. The van der Waals surface area contributed by atoms with Crippen LogP contribution in [-0.2, 0) is 9.53 Å². The largest absolute Gasteiger partial charge is 0.375 e. The van der Waals surface area contributed by atoms with Gasteiger partial charge in [0, 0.05) is 38.9 Å². The Bertz CT molecular complexity index is 709. The maximum absolute atomic E-state index is 12.9. The van der Waals surface area contributed by atoms with Gasteiger partial charge in [0.2, 0.25) is 5.91 Å². The summed E-state index contributed by atoms with van der Waals surface area (Å²) in [5, 5.41) is 2.94. The van der Waals surface area contributed by atoms with Gasteiger partial charge in [0.1, 0.15) is 12.2 Å². The van der Waals surface area contributed by atoms with Crippen molar-refractivity contribution in [2.24, 2.45) is 11.3 Å². The van der Waals surface area contributed by atoms with Gasteiger partial charge in [0.05, 0.1) is 0 Å². The molecular weight excluding hydrogens is 334 g/mol. The smallest absolute Gasteiger partial charge is 0.260 e. The maximum atomic E-state index is 12.9. The summed E-state index contributed by atoms with van der Waals surface area (Å²) in [4.78, 5) is 41.0. The zero-order valence-corrected chi connectivity index (χ0v) is 15.3. The number of H-pyrrole nitrogens is 1. The topological polar surface area (TPSA) is 91.5 Å². The second-order valence-electron chi connectivity index (χ2n) is 7.46. The van der Waals surface area contributed by atoms with Crippen molar-refractivity contribution in [1.82, 2.24) is 15.2 Å². The van der Waals surface area contributed by atoms with Gasteiger partial charge in [-0.05, 0) is 30.4 Å². The van der Waals surface area contributed by atoms with Gasteiger partial charge in [0.25, 0.3) is 11.5 Å². The number of nitrogens with zero attached hydrogens (tertiary/aromatic N) is 1. The van der Waals surface area contributed by atoms with Crippen molar-refractivity contribution < 1.29 is 14.3 Å². The minimum absolute atomic E-state index is 0.0375. The van der Waals surface area contributed by atoms with E-state index in [1.165, 1.54) is 19.7 Å². The molecule has 1 saturated carbocycles. The number of carbonyl (C=O) groups is 2. The molecule has 1 aromatic rings. The molecule has 7 heteroatoms. The number of ether oxygens (including phenoxy) is 1. The first-order valence-corrected chi connectivity index (χ1v) is 9.28. The van der Waals surface area contributed by atoms with Crippen molar-refractivity contribution in [1.29, 1.82) is 0 Å². The number of rotatable bonds is 5. The molecule has 2 aliphatic rings. The van der Waals surface area contributed by atoms with E-state index >= 15 is 0 Å². The van der Waals surface area contributed by atoms with Gasteiger partial charge in [-0.3, -0.25) is 14.4 Å². The Morgan fingerprint density at radius 2 is 2.12 bits per heavy atom. The van der Waals surface area contributed by atoms with Crippen LogP contribution in [0.1, 0.15) is 42.5 Å². The zero-order chi connectivity index (χ0) is 18.6. The van der Waals surface area contributed by atoms with Crippen molar-refractivity contribution in [2.45, 2.75) is 32.1 Å². The molecule has 7 nitrogen and oxygen atoms in total. The molecule has 26 heavy (non-hydrogen) atoms. The number of amides is 2. The Labute approximate surface area is 153 Å². The number of hydrogen-bond donors (Lipinski definition) is 2. The summed E-state index contributed by atoms with van der Waals surface area (Å²) < 4.78 is 4.87. The summed E-state index contributed by atoms with van der Waals surface area (Å²) in [5.74, 6) is -0.152. The van der Waals surface area contributed by atoms with Crippen LogP contribution in [0.15, 0.2) is 23.1 Å². The van der Waals surface area contributed by atoms with Gasteiger partial charge in [0.15, 0.2) is 0 Å². The molecule has 142 valence electrons. The van der Waals surface area contributed by atoms with Gasteiger partial charge in [-0.25, -0.2) is 0 Å². The summed E-state index contributed by atoms with van der Waals surface area (Å²) in [6.45, 7) is 1.81. The highest BCUT2D eigenvalue weighted by Gasteiger charge is 2.48. The maximum Gasteiger partial charge on any atom is 0.260 e. The van der Waals surface area contributed by atoms with Gasteiger partial charge in [-0.2, -0.15) is 0 Å². The van der Waals surface area contributed by atoms with E-state index in [1.54, 1.807) is 17.0 Å². The van der Waals surface area contributed by atoms with E-state index < -0.39 is 0 Å². The lowest BCUT2D eigenvalue weighted by molar-refractivity contribution is -0.125. The molecule has 1 spiro atoms. The van der Waals surface area contributed by atoms with E-state index in [0.717, 1.165) is 25.7 Å². The SMILES string of the molecule is COCC(=O)NCC1CN(C(=O)c2ccc[nH]c2=O)CC12CCCCC2. The quantitative estimate of drug-likeness (QED) is 0.823. The second kappa shape index (κ2) is 8.03. The molecule has 1 aliphatic carbocycles. The number of methoxy groups -OCH3 is 1. The van der Waals surface area contributed by atoms with Crippen LogP contribution in [-0.4, -0.2) is 55.0 Å². The predicted molar refractivity (Wildman–Crippen MR) is 96.9 cm³/mol. The molecule has 2 fully saturated rings. The van der Waals surface area contributed by atoms with Crippen LogP contribution in [0.25, 0.3) is 0 Å². The third kappa shape index (κ3) is 3.82. The molecule has 1 unspecified atom stereocenters. The van der Waals surface area contributed by atoms with Crippen LogP contribution in [0.4, 0.5) is 0 Å². The van der Waals surface area contributed by atoms with Crippen molar-refractivity contribution in [3.63, 3.8) is 0 Å². The fourth-order valence-electron chi connectivity index (χ4n) is 4.47. The number of aromatic amines is 1. The Kier molecular flexibility index (Phi) is 5.76. The van der Waals surface area contributed by atoms with Crippen LogP contribution in [0, 0.1) is 11.3 Å². The third-order valence-electron chi connectivity index (χ3n) is 5.82. The first-order chi connectivity index (χ1) is 12.6. The first kappa shape index (κ1) is 18.6. The van der Waals surface area contributed by atoms with E-state index in [0.29, 0.717) is 19.6 Å². The summed E-state index contributed by atoms with van der Waals surface area (Å²) in [5.41, 5.74) is -0.134. The van der Waals surface area contributed by atoms with Crippen molar-refractivity contribution in [3.05, 3.63) is 34.2 Å². The first-order valence-electron chi connectivity index (χ1n) is 9.28. The number of pyridine rings is 1. The molecule has 2 heterocycles. The Morgan fingerprint density at radius 3 is 2.81 bits per heavy atom. The fraction of sp³-hybridized carbons (Fsp3) is 0.632. The van der Waals surface area contributed by atoms with E-state index in [4.69, 9.17) is 4.74 Å². The average molecular weight is 361 g/mol. The molecule has 0 radical (unpaired) electrons. The minimum atomic E-state index is -0.355. The van der Waals surface area contributed by atoms with E-state index in [9.17, 15) is 14.4 Å². The molecule has 1 aliphatic heterocycles. The Balaban J connectivity index is 1.75. The monoisotopic (exact) mass is 361 g/mol. The van der Waals surface area contributed by atoms with Crippen LogP contribution in [0.2, 0.25) is 0 Å². The van der Waals surface area contributed by atoms with Crippen LogP contribution in [0.5, 0.6) is 0 Å². The van der Waals surface area contributed by atoms with E-state index in [1.807, 2.05) is 0 Å². The number of carbonyl (C=O) groups excluding carboxylic acids is 2. The lowest BCUT2D eigenvalue weighted by Gasteiger charge is -2.38. The van der Waals surface area contributed by atoms with Crippen molar-refractivity contribution in [3.8, 4) is 0 Å². The molecule has 3 rings (SSSR count). The van der Waals surface area contributed by atoms with Crippen LogP contribution in [0.3, 0.4) is 0 Å². The molecule has 0 aromatic carbocycles. The van der Waals surface area contributed by atoms with E-state index in [-0.39, 0.29) is 40.9 Å². The van der Waals surface area contributed by atoms with Crippen molar-refractivity contribution >= 4 is 11.8 Å². The summed E-state index contributed by atoms with van der Waals surface area (Å²) in [6.07, 6.45) is 7.17. The molecule has 0 bridgehead atoms. The Hall–Kier alpha value is -2.15. The number of nitrogens with one attached hydrogen (secondary N) is 2. The Morgan fingerprint density at radius 1 is 1.35 bits per heavy atom.